The number of aromatic nitrogens is 2. The van der Waals surface area contributed by atoms with Gasteiger partial charge < -0.3 is 10.5 Å². The normalized spacial score (nSPS) is 12.6. The molecule has 156 valence electrons. The molecule has 0 spiro atoms. The molecule has 0 atom stereocenters. The average molecular weight is 465 g/mol. The smallest absolute Gasteiger partial charge is 0.416 e. The maximum absolute atomic E-state index is 12.9. The van der Waals surface area contributed by atoms with E-state index in [-0.39, 0.29) is 11.4 Å². The van der Waals surface area contributed by atoms with Crippen LogP contribution in [-0.2, 0) is 6.18 Å². The van der Waals surface area contributed by atoms with E-state index >= 15 is 0 Å². The van der Waals surface area contributed by atoms with Crippen LogP contribution in [0.1, 0.15) is 11.3 Å². The van der Waals surface area contributed by atoms with E-state index in [2.05, 4.69) is 14.8 Å². The number of aliphatic imine (C=N–C) groups is 1. The highest BCUT2D eigenvalue weighted by Gasteiger charge is 2.32. The molecule has 0 fully saturated rings. The first kappa shape index (κ1) is 22.9. The van der Waals surface area contributed by atoms with Crippen molar-refractivity contribution >= 4 is 29.4 Å². The first-order valence-electron chi connectivity index (χ1n) is 7.43. The van der Waals surface area contributed by atoms with E-state index in [0.29, 0.717) is 12.1 Å². The topological polar surface area (TPSA) is 113 Å². The molecule has 0 radical (unpaired) electrons. The predicted octanol–water partition coefficient (Wildman–Crippen LogP) is 4.44. The summed E-state index contributed by atoms with van der Waals surface area (Å²) >= 11 is 11.8. The lowest BCUT2D eigenvalue weighted by molar-refractivity contribution is -0.137. The molecule has 1 aromatic heterocycles. The summed E-state index contributed by atoms with van der Waals surface area (Å²) in [5.41, 5.74) is 2.45. The van der Waals surface area contributed by atoms with E-state index in [4.69, 9.17) is 39.5 Å². The fourth-order valence-corrected chi connectivity index (χ4v) is 2.71. The monoisotopic (exact) mass is 464 g/mol. The highest BCUT2D eigenvalue weighted by Crippen LogP contribution is 2.38. The predicted molar refractivity (Wildman–Crippen MR) is 95.3 cm³/mol. The molecule has 1 heterocycles. The molecular weight excluding hydrogens is 458 g/mol. The highest BCUT2D eigenvalue weighted by molar-refractivity contribution is 6.37. The van der Waals surface area contributed by atoms with Gasteiger partial charge in [0.1, 0.15) is 29.2 Å². The van der Waals surface area contributed by atoms with E-state index in [1.54, 1.807) is 0 Å². The molecular formula is C16H7Cl2F5N6O. The van der Waals surface area contributed by atoms with Crippen LogP contribution in [0.4, 0.5) is 22.0 Å². The molecule has 0 bridgehead atoms. The summed E-state index contributed by atoms with van der Waals surface area (Å²) in [4.78, 5) is 3.58. The summed E-state index contributed by atoms with van der Waals surface area (Å²) < 4.78 is 69.1. The van der Waals surface area contributed by atoms with Crippen LogP contribution < -0.4 is 10.5 Å². The van der Waals surface area contributed by atoms with Gasteiger partial charge in [0.25, 0.3) is 0 Å². The fraction of sp³-hybridized carbons (Fsp3) is 0.125. The molecule has 14 heteroatoms. The van der Waals surface area contributed by atoms with Crippen molar-refractivity contribution in [2.75, 3.05) is 0 Å². The summed E-state index contributed by atoms with van der Waals surface area (Å²) in [6, 6.07) is 4.16. The van der Waals surface area contributed by atoms with E-state index < -0.39 is 45.5 Å². The minimum atomic E-state index is -4.72. The van der Waals surface area contributed by atoms with Gasteiger partial charge in [-0.15, -0.1) is 0 Å². The van der Waals surface area contributed by atoms with Gasteiger partial charge in [-0.25, -0.2) is 9.67 Å². The lowest BCUT2D eigenvalue weighted by Gasteiger charge is -2.12. The van der Waals surface area contributed by atoms with Gasteiger partial charge in [-0.3, -0.25) is 0 Å². The molecule has 0 unspecified atom stereocenters. The summed E-state index contributed by atoms with van der Waals surface area (Å²) in [5, 5.41) is 20.5. The molecule has 30 heavy (non-hydrogen) atoms. The molecule has 2 N–H and O–H groups in total. The van der Waals surface area contributed by atoms with Gasteiger partial charge >= 0.3 is 12.8 Å². The maximum Gasteiger partial charge on any atom is 0.416 e. The zero-order valence-electron chi connectivity index (χ0n) is 14.3. The molecule has 0 aliphatic rings. The van der Waals surface area contributed by atoms with E-state index in [9.17, 15) is 22.0 Å². The number of nitrogens with zero attached hydrogens (tertiary/aromatic N) is 5. The van der Waals surface area contributed by atoms with Gasteiger partial charge in [0.15, 0.2) is 11.4 Å². The summed E-state index contributed by atoms with van der Waals surface area (Å²) in [6.45, 7) is -3.29. The number of ether oxygens (including phenoxy) is 1. The molecule has 1 aromatic carbocycles. The number of hydrogen-bond donors (Lipinski definition) is 1. The van der Waals surface area contributed by atoms with Crippen molar-refractivity contribution in [2.45, 2.75) is 12.8 Å². The lowest BCUT2D eigenvalue weighted by Crippen LogP contribution is -2.07. The Bertz CT molecular complexity index is 1090. The van der Waals surface area contributed by atoms with E-state index in [1.165, 1.54) is 12.1 Å². The van der Waals surface area contributed by atoms with Crippen molar-refractivity contribution in [3.05, 3.63) is 51.0 Å². The maximum atomic E-state index is 12.9. The molecule has 0 aliphatic heterocycles. The van der Waals surface area contributed by atoms with Crippen LogP contribution in [0.15, 0.2) is 34.7 Å². The minimum absolute atomic E-state index is 0.252. The van der Waals surface area contributed by atoms with Crippen LogP contribution in [-0.4, -0.2) is 22.6 Å². The number of allylic oxidation sites excluding steroid dienone is 2. The summed E-state index contributed by atoms with van der Waals surface area (Å²) in [7, 11) is 0. The molecule has 0 amide bonds. The second kappa shape index (κ2) is 8.98. The van der Waals surface area contributed by atoms with E-state index in [1.807, 2.05) is 0 Å². The van der Waals surface area contributed by atoms with Crippen LogP contribution in [0, 0.1) is 22.7 Å². The van der Waals surface area contributed by atoms with Crippen molar-refractivity contribution in [3.63, 3.8) is 0 Å². The van der Waals surface area contributed by atoms with Crippen molar-refractivity contribution in [1.82, 2.24) is 9.78 Å². The third kappa shape index (κ3) is 5.17. The van der Waals surface area contributed by atoms with Crippen LogP contribution in [0.3, 0.4) is 0 Å². The first-order chi connectivity index (χ1) is 14.0. The molecule has 0 saturated heterocycles. The Balaban J connectivity index is 2.60. The van der Waals surface area contributed by atoms with Gasteiger partial charge in [0, 0.05) is 0 Å². The Morgan fingerprint density at radius 3 is 2.30 bits per heavy atom. The van der Waals surface area contributed by atoms with Gasteiger partial charge in [0.2, 0.25) is 0 Å². The van der Waals surface area contributed by atoms with E-state index in [0.717, 1.165) is 17.1 Å². The number of hydrogen-bond acceptors (Lipinski definition) is 6. The third-order valence-corrected chi connectivity index (χ3v) is 3.87. The van der Waals surface area contributed by atoms with Crippen LogP contribution >= 0.6 is 23.2 Å². The van der Waals surface area contributed by atoms with Crippen LogP contribution in [0.2, 0.25) is 10.0 Å². The Morgan fingerprint density at radius 2 is 1.83 bits per heavy atom. The second-order valence-corrected chi connectivity index (χ2v) is 6.05. The quantitative estimate of drug-likeness (QED) is 0.399. The largest absolute Gasteiger partial charge is 0.431 e. The Kier molecular flexibility index (Phi) is 6.87. The number of nitrogens with two attached hydrogens (primary N) is 1. The third-order valence-electron chi connectivity index (χ3n) is 3.29. The number of halogens is 7. The summed E-state index contributed by atoms with van der Waals surface area (Å²) in [5.74, 6) is -0.561. The van der Waals surface area contributed by atoms with Crippen molar-refractivity contribution < 1.29 is 26.7 Å². The van der Waals surface area contributed by atoms with Gasteiger partial charge in [-0.2, -0.15) is 37.6 Å². The average Bonchev–Trinajstić information content (AvgIpc) is 3.02. The van der Waals surface area contributed by atoms with Crippen molar-refractivity contribution in [1.29, 1.82) is 10.5 Å². The van der Waals surface area contributed by atoms with Gasteiger partial charge in [0.05, 0.1) is 28.0 Å². The van der Waals surface area contributed by atoms with Gasteiger partial charge in [-0.1, -0.05) is 23.2 Å². The molecule has 2 aromatic rings. The number of rotatable bonds is 5. The molecule has 0 saturated carbocycles. The molecule has 7 nitrogen and oxygen atoms in total. The SMILES string of the molecule is N#C/C(N)=C(\C#N)N=Cc1nn(-c2c(Cl)cc(C(F)(F)F)cc2Cl)cc1OC(F)F. The van der Waals surface area contributed by atoms with Crippen LogP contribution in [0.5, 0.6) is 5.75 Å². The molecule has 0 aliphatic carbocycles. The standard InChI is InChI=1S/C16H7Cl2F5N6O/c17-8-1-7(16(21,22)23)2-9(18)14(8)29-6-13(30-15(19)20)12(28-29)5-27-11(4-25)10(26)3-24/h1-2,5-6,15H,26H2/b11-10-,27-5?. The number of benzene rings is 1. The fourth-order valence-electron chi connectivity index (χ4n) is 2.05. The first-order valence-corrected chi connectivity index (χ1v) is 8.18. The van der Waals surface area contributed by atoms with Gasteiger partial charge in [-0.05, 0) is 12.1 Å². The lowest BCUT2D eigenvalue weighted by atomic mass is 10.2. The highest BCUT2D eigenvalue weighted by atomic mass is 35.5. The minimum Gasteiger partial charge on any atom is -0.431 e. The summed E-state index contributed by atoms with van der Waals surface area (Å²) in [6.07, 6.45) is -3.06. The van der Waals surface area contributed by atoms with Crippen LogP contribution in [0.25, 0.3) is 5.69 Å². The Morgan fingerprint density at radius 1 is 1.23 bits per heavy atom. The zero-order valence-corrected chi connectivity index (χ0v) is 15.8. The Labute approximate surface area is 175 Å². The second-order valence-electron chi connectivity index (χ2n) is 5.23. The van der Waals surface area contributed by atoms with Crippen molar-refractivity contribution in [2.24, 2.45) is 10.7 Å². The molecule has 2 rings (SSSR count). The van der Waals surface area contributed by atoms with Crippen molar-refractivity contribution in [3.8, 4) is 23.6 Å². The Hall–Kier alpha value is -3.35. The number of nitriles is 2. The zero-order chi connectivity index (χ0) is 22.6. The number of alkyl halides is 5.